The Kier molecular flexibility index (Phi) is 5.48. The first-order valence-corrected chi connectivity index (χ1v) is 6.11. The lowest BCUT2D eigenvalue weighted by Crippen LogP contribution is -2.29. The first-order chi connectivity index (χ1) is 7.08. The second-order valence-corrected chi connectivity index (χ2v) is 5.14. The Balaban J connectivity index is 3.92. The minimum atomic E-state index is -5.43. The lowest BCUT2D eigenvalue weighted by atomic mass is 10.1. The van der Waals surface area contributed by atoms with E-state index in [1.807, 2.05) is 0 Å². The summed E-state index contributed by atoms with van der Waals surface area (Å²) in [5.74, 6) is -1.23. The second kappa shape index (κ2) is 5.67. The van der Waals surface area contributed by atoms with Crippen molar-refractivity contribution in [2.24, 2.45) is 5.73 Å². The van der Waals surface area contributed by atoms with Gasteiger partial charge in [0.2, 0.25) is 0 Å². The molecular weight excluding hydrogens is 247 g/mol. The third-order valence-corrected chi connectivity index (χ3v) is 3.06. The predicted molar refractivity (Wildman–Crippen MR) is 51.1 cm³/mol. The fourth-order valence-electron chi connectivity index (χ4n) is 0.971. The van der Waals surface area contributed by atoms with E-state index < -0.39 is 31.7 Å². The van der Waals surface area contributed by atoms with E-state index in [-0.39, 0.29) is 19.3 Å². The largest absolute Gasteiger partial charge is 0.480 e. The first-order valence-electron chi connectivity index (χ1n) is 4.50. The first kappa shape index (κ1) is 15.4. The van der Waals surface area contributed by atoms with Crippen LogP contribution in [0.5, 0.6) is 0 Å². The van der Waals surface area contributed by atoms with Gasteiger partial charge in [0.25, 0.3) is 0 Å². The van der Waals surface area contributed by atoms with Gasteiger partial charge >= 0.3 is 19.2 Å². The van der Waals surface area contributed by atoms with Crippen molar-refractivity contribution in [3.63, 3.8) is 0 Å². The normalized spacial score (nSPS) is 14.8. The highest BCUT2D eigenvalue weighted by Gasteiger charge is 2.47. The van der Waals surface area contributed by atoms with E-state index in [2.05, 4.69) is 0 Å². The van der Waals surface area contributed by atoms with E-state index in [1.165, 1.54) is 0 Å². The molecule has 16 heavy (non-hydrogen) atoms. The van der Waals surface area contributed by atoms with Crippen molar-refractivity contribution in [3.05, 3.63) is 0 Å². The number of rotatable bonds is 7. The van der Waals surface area contributed by atoms with E-state index in [4.69, 9.17) is 20.6 Å². The molecule has 0 aliphatic carbocycles. The van der Waals surface area contributed by atoms with Gasteiger partial charge in [-0.05, 0) is 12.8 Å². The summed E-state index contributed by atoms with van der Waals surface area (Å²) in [5.41, 5.74) is 1.06. The van der Waals surface area contributed by atoms with Crippen LogP contribution in [-0.4, -0.2) is 32.6 Å². The predicted octanol–water partition coefficient (Wildman–Crippen LogP) is 0.729. The van der Waals surface area contributed by atoms with Crippen LogP contribution < -0.4 is 5.73 Å². The number of carbonyl (C=O) groups is 1. The van der Waals surface area contributed by atoms with E-state index in [9.17, 15) is 18.1 Å². The third-order valence-electron chi connectivity index (χ3n) is 1.99. The van der Waals surface area contributed by atoms with Gasteiger partial charge < -0.3 is 20.6 Å². The van der Waals surface area contributed by atoms with Crippen LogP contribution in [-0.2, 0) is 9.36 Å². The molecule has 0 rings (SSSR count). The van der Waals surface area contributed by atoms with Crippen LogP contribution in [0.3, 0.4) is 0 Å². The summed E-state index contributed by atoms with van der Waals surface area (Å²) in [5, 5.41) is 8.37. The van der Waals surface area contributed by atoms with Crippen molar-refractivity contribution in [3.8, 4) is 0 Å². The average molecular weight is 261 g/mol. The number of hydrogen-bond donors (Lipinski definition) is 4. The molecule has 6 nitrogen and oxygen atoms in total. The molecule has 0 spiro atoms. The molecule has 0 aliphatic heterocycles. The Morgan fingerprint density at radius 1 is 1.38 bits per heavy atom. The number of halogens is 2. The number of aliphatic carboxylic acids is 1. The SMILES string of the molecule is NC(CCCCC(F)(F)P(=O)(O)O)C(=O)O. The molecule has 5 N–H and O–H groups in total. The molecule has 0 radical (unpaired) electrons. The summed E-state index contributed by atoms with van der Waals surface area (Å²) >= 11 is 0. The molecule has 0 aromatic heterocycles. The molecule has 0 saturated carbocycles. The van der Waals surface area contributed by atoms with E-state index in [1.54, 1.807) is 0 Å². The zero-order valence-corrected chi connectivity index (χ0v) is 9.24. The highest BCUT2D eigenvalue weighted by Crippen LogP contribution is 2.55. The van der Waals surface area contributed by atoms with Crippen LogP contribution in [0.2, 0.25) is 0 Å². The van der Waals surface area contributed by atoms with E-state index >= 15 is 0 Å². The molecule has 0 fully saturated rings. The number of carboxylic acid groups (broad SMARTS) is 1. The molecule has 0 aliphatic rings. The van der Waals surface area contributed by atoms with Crippen LogP contribution in [0.4, 0.5) is 8.78 Å². The Bertz CT molecular complexity index is 293. The third kappa shape index (κ3) is 4.98. The number of carboxylic acids is 1. The molecule has 0 aromatic carbocycles. The van der Waals surface area contributed by atoms with Gasteiger partial charge in [0.1, 0.15) is 6.04 Å². The minimum absolute atomic E-state index is 0.00737. The van der Waals surface area contributed by atoms with Crippen LogP contribution >= 0.6 is 7.60 Å². The molecule has 0 heterocycles. The van der Waals surface area contributed by atoms with Crippen molar-refractivity contribution >= 4 is 13.6 Å². The molecule has 0 saturated heterocycles. The molecule has 9 heteroatoms. The van der Waals surface area contributed by atoms with Gasteiger partial charge in [-0.3, -0.25) is 9.36 Å². The van der Waals surface area contributed by atoms with Gasteiger partial charge in [0, 0.05) is 6.42 Å². The zero-order chi connectivity index (χ0) is 13.0. The number of unbranched alkanes of at least 4 members (excludes halogenated alkanes) is 1. The summed E-state index contributed by atoms with van der Waals surface area (Å²) in [6, 6.07) is -1.14. The van der Waals surface area contributed by atoms with Gasteiger partial charge in [-0.25, -0.2) is 0 Å². The Morgan fingerprint density at radius 3 is 2.25 bits per heavy atom. The van der Waals surface area contributed by atoms with Crippen LogP contribution in [0, 0.1) is 0 Å². The quantitative estimate of drug-likeness (QED) is 0.396. The maximum Gasteiger partial charge on any atom is 0.394 e. The smallest absolute Gasteiger partial charge is 0.394 e. The standard InChI is InChI=1S/C7H14F2NO5P/c8-7(9,16(13,14)15)4-2-1-3-5(10)6(11)12/h5H,1-4,10H2,(H,11,12)(H2,13,14,15). The zero-order valence-electron chi connectivity index (χ0n) is 8.34. The Labute approximate surface area is 90.6 Å². The van der Waals surface area contributed by atoms with Gasteiger partial charge in [-0.1, -0.05) is 6.42 Å². The number of alkyl halides is 2. The molecule has 1 atom stereocenters. The molecule has 1 unspecified atom stereocenters. The lowest BCUT2D eigenvalue weighted by Gasteiger charge is -2.17. The van der Waals surface area contributed by atoms with Gasteiger partial charge in [0.05, 0.1) is 0 Å². The summed E-state index contributed by atoms with van der Waals surface area (Å²) < 4.78 is 35.7. The van der Waals surface area contributed by atoms with E-state index in [0.29, 0.717) is 0 Å². The summed E-state index contributed by atoms with van der Waals surface area (Å²) in [6.07, 6.45) is -1.11. The van der Waals surface area contributed by atoms with Crippen molar-refractivity contribution in [2.75, 3.05) is 0 Å². The van der Waals surface area contributed by atoms with Gasteiger partial charge in [-0.2, -0.15) is 8.78 Å². The monoisotopic (exact) mass is 261 g/mol. The lowest BCUT2D eigenvalue weighted by molar-refractivity contribution is -0.138. The van der Waals surface area contributed by atoms with Crippen molar-refractivity contribution < 1.29 is 33.0 Å². The van der Waals surface area contributed by atoms with Crippen molar-refractivity contribution in [2.45, 2.75) is 37.4 Å². The fourth-order valence-corrected chi connectivity index (χ4v) is 1.42. The maximum absolute atomic E-state index is 12.7. The van der Waals surface area contributed by atoms with E-state index in [0.717, 1.165) is 0 Å². The van der Waals surface area contributed by atoms with Crippen molar-refractivity contribution in [1.82, 2.24) is 0 Å². The summed E-state index contributed by atoms with van der Waals surface area (Å²) in [4.78, 5) is 26.8. The Morgan fingerprint density at radius 2 is 1.88 bits per heavy atom. The molecule has 0 aromatic rings. The second-order valence-electron chi connectivity index (χ2n) is 3.40. The summed E-state index contributed by atoms with van der Waals surface area (Å²) in [6.45, 7) is 0. The topological polar surface area (TPSA) is 121 Å². The van der Waals surface area contributed by atoms with Crippen LogP contribution in [0.1, 0.15) is 25.7 Å². The highest BCUT2D eigenvalue weighted by atomic mass is 31.2. The summed E-state index contributed by atoms with van der Waals surface area (Å²) in [7, 11) is -5.43. The minimum Gasteiger partial charge on any atom is -0.480 e. The molecule has 96 valence electrons. The fraction of sp³-hybridized carbons (Fsp3) is 0.857. The Hall–Kier alpha value is -0.560. The average Bonchev–Trinajstić information content (AvgIpc) is 2.09. The highest BCUT2D eigenvalue weighted by molar-refractivity contribution is 7.53. The maximum atomic E-state index is 12.7. The van der Waals surface area contributed by atoms with Gasteiger partial charge in [0.15, 0.2) is 0 Å². The van der Waals surface area contributed by atoms with Crippen LogP contribution in [0.25, 0.3) is 0 Å². The molecular formula is C7H14F2NO5P. The molecule has 0 bridgehead atoms. The number of nitrogens with two attached hydrogens (primary N) is 1. The van der Waals surface area contributed by atoms with Crippen molar-refractivity contribution in [1.29, 1.82) is 0 Å². The van der Waals surface area contributed by atoms with Crippen LogP contribution in [0.15, 0.2) is 0 Å². The molecule has 0 amide bonds. The number of hydrogen-bond acceptors (Lipinski definition) is 3. The van der Waals surface area contributed by atoms with Gasteiger partial charge in [-0.15, -0.1) is 0 Å².